The number of para-hydroxylation sites is 1. The third-order valence-electron chi connectivity index (χ3n) is 3.55. The fourth-order valence-corrected chi connectivity index (χ4v) is 4.47. The van der Waals surface area contributed by atoms with Crippen LogP contribution in [-0.4, -0.2) is 32.5 Å². The molecule has 10 heteroatoms. The molecule has 1 amide bonds. The first-order chi connectivity index (χ1) is 12.1. The fraction of sp³-hybridized carbons (Fsp3) is 0.125. The van der Waals surface area contributed by atoms with Crippen molar-refractivity contribution in [1.82, 2.24) is 0 Å². The molecular weight excluding hydrogens is 428 g/mol. The predicted molar refractivity (Wildman–Crippen MR) is 98.2 cm³/mol. The summed E-state index contributed by atoms with van der Waals surface area (Å²) in [5.74, 6) is -2.15. The number of carbonyl (C=O) groups is 2. The summed E-state index contributed by atoms with van der Waals surface area (Å²) in [7, 11) is -2.96. The molecule has 0 aliphatic rings. The summed E-state index contributed by atoms with van der Waals surface area (Å²) in [6.07, 6.45) is 0. The Labute approximate surface area is 158 Å². The maximum Gasteiger partial charge on any atom is 0.339 e. The smallest absolute Gasteiger partial charge is 0.339 e. The molecule has 0 saturated carbocycles. The first-order valence-electron chi connectivity index (χ1n) is 7.11. The Hall–Kier alpha value is -2.59. The Bertz CT molecular complexity index is 1000. The molecule has 2 aromatic carbocycles. The van der Waals surface area contributed by atoms with E-state index in [0.29, 0.717) is 5.56 Å². The molecule has 4 N–H and O–H groups in total. The highest BCUT2D eigenvalue weighted by atomic mass is 79.9. The molecule has 26 heavy (non-hydrogen) atoms. The number of ether oxygens (including phenoxy) is 1. The van der Waals surface area contributed by atoms with E-state index in [-0.39, 0.29) is 31.9 Å². The van der Waals surface area contributed by atoms with Crippen molar-refractivity contribution in [1.29, 1.82) is 0 Å². The molecular formula is C16H15BrN2O6S. The molecule has 0 atom stereocenters. The van der Waals surface area contributed by atoms with Gasteiger partial charge in [0, 0.05) is 4.47 Å². The number of primary amides is 1. The van der Waals surface area contributed by atoms with Gasteiger partial charge in [-0.15, -0.1) is 0 Å². The van der Waals surface area contributed by atoms with E-state index in [1.165, 1.54) is 19.2 Å². The van der Waals surface area contributed by atoms with Crippen molar-refractivity contribution in [3.63, 3.8) is 0 Å². The Balaban J connectivity index is 2.62. The number of methoxy groups -OCH3 is 1. The predicted octanol–water partition coefficient (Wildman–Crippen LogP) is 2.36. The van der Waals surface area contributed by atoms with Gasteiger partial charge in [0.15, 0.2) is 0 Å². The summed E-state index contributed by atoms with van der Waals surface area (Å²) in [6, 6.07) is 6.77. The van der Waals surface area contributed by atoms with E-state index in [2.05, 4.69) is 20.7 Å². The minimum absolute atomic E-state index is 0.00274. The summed E-state index contributed by atoms with van der Waals surface area (Å²) in [4.78, 5) is 22.6. The molecule has 0 aliphatic heterocycles. The van der Waals surface area contributed by atoms with Gasteiger partial charge in [-0.3, -0.25) is 9.52 Å². The molecule has 0 bridgehead atoms. The summed E-state index contributed by atoms with van der Waals surface area (Å²) in [5, 5.41) is 9.26. The zero-order valence-electron chi connectivity index (χ0n) is 13.7. The fourth-order valence-electron chi connectivity index (χ4n) is 2.28. The van der Waals surface area contributed by atoms with Crippen LogP contribution in [0.15, 0.2) is 39.7 Å². The molecule has 0 aromatic heterocycles. The Morgan fingerprint density at radius 2 is 1.88 bits per heavy atom. The highest BCUT2D eigenvalue weighted by molar-refractivity contribution is 9.10. The molecule has 8 nitrogen and oxygen atoms in total. The van der Waals surface area contributed by atoms with Gasteiger partial charge >= 0.3 is 5.97 Å². The molecule has 2 aromatic rings. The maximum absolute atomic E-state index is 12.8. The molecule has 0 unspecified atom stereocenters. The van der Waals surface area contributed by atoms with Gasteiger partial charge in [0.1, 0.15) is 16.2 Å². The average molecular weight is 443 g/mol. The first kappa shape index (κ1) is 19.7. The van der Waals surface area contributed by atoms with E-state index in [9.17, 15) is 23.1 Å². The quantitative estimate of drug-likeness (QED) is 0.627. The maximum atomic E-state index is 12.8. The van der Waals surface area contributed by atoms with Crippen LogP contribution in [0.25, 0.3) is 0 Å². The van der Waals surface area contributed by atoms with Crippen LogP contribution < -0.4 is 15.2 Å². The Morgan fingerprint density at radius 1 is 1.23 bits per heavy atom. The number of nitrogens with two attached hydrogens (primary N) is 1. The standard InChI is InChI=1S/C16H15BrN2O6S/c1-8-4-3-5-9(15(18)20)14(8)19-26(23,24)13-6-10(16(21)22)12(25-2)7-11(13)17/h3-7,19H,1-2H3,(H2,18,20)(H,21,22). The van der Waals surface area contributed by atoms with E-state index < -0.39 is 21.9 Å². The number of hydrogen-bond acceptors (Lipinski definition) is 5. The number of anilines is 1. The summed E-state index contributed by atoms with van der Waals surface area (Å²) < 4.78 is 33.0. The van der Waals surface area contributed by atoms with E-state index in [4.69, 9.17) is 10.5 Å². The van der Waals surface area contributed by atoms with Gasteiger partial charge in [-0.25, -0.2) is 13.2 Å². The van der Waals surface area contributed by atoms with Gasteiger partial charge in [0.2, 0.25) is 0 Å². The largest absolute Gasteiger partial charge is 0.496 e. The van der Waals surface area contributed by atoms with Crippen LogP contribution in [0.5, 0.6) is 5.75 Å². The summed E-state index contributed by atoms with van der Waals surface area (Å²) >= 11 is 3.10. The second-order valence-electron chi connectivity index (χ2n) is 5.26. The highest BCUT2D eigenvalue weighted by Gasteiger charge is 2.25. The van der Waals surface area contributed by atoms with Crippen LogP contribution in [-0.2, 0) is 10.0 Å². The van der Waals surface area contributed by atoms with Crippen LogP contribution in [0.2, 0.25) is 0 Å². The number of aromatic carboxylic acids is 1. The van der Waals surface area contributed by atoms with Crippen LogP contribution in [0.4, 0.5) is 5.69 Å². The first-order valence-corrected chi connectivity index (χ1v) is 9.39. The van der Waals surface area contributed by atoms with Gasteiger partial charge in [-0.2, -0.15) is 0 Å². The molecule has 138 valence electrons. The van der Waals surface area contributed by atoms with Crippen molar-refractivity contribution in [2.45, 2.75) is 11.8 Å². The van der Waals surface area contributed by atoms with Gasteiger partial charge < -0.3 is 15.6 Å². The third-order valence-corrected chi connectivity index (χ3v) is 5.86. The number of nitrogens with one attached hydrogen (secondary N) is 1. The lowest BCUT2D eigenvalue weighted by atomic mass is 10.1. The van der Waals surface area contributed by atoms with Gasteiger partial charge in [-0.05, 0) is 46.6 Å². The van der Waals surface area contributed by atoms with Crippen molar-refractivity contribution >= 4 is 43.5 Å². The lowest BCUT2D eigenvalue weighted by molar-refractivity contribution is 0.0692. The highest BCUT2D eigenvalue weighted by Crippen LogP contribution is 2.32. The van der Waals surface area contributed by atoms with Crippen molar-refractivity contribution in [2.24, 2.45) is 5.73 Å². The number of sulfonamides is 1. The minimum atomic E-state index is -4.23. The van der Waals surface area contributed by atoms with E-state index >= 15 is 0 Å². The topological polar surface area (TPSA) is 136 Å². The number of carboxylic acid groups (broad SMARTS) is 1. The Morgan fingerprint density at radius 3 is 2.42 bits per heavy atom. The van der Waals surface area contributed by atoms with Gasteiger partial charge in [0.05, 0.1) is 18.4 Å². The normalized spacial score (nSPS) is 11.0. The number of aryl methyl sites for hydroxylation is 1. The number of benzene rings is 2. The van der Waals surface area contributed by atoms with Crippen LogP contribution in [0, 0.1) is 6.92 Å². The SMILES string of the molecule is COc1cc(Br)c(S(=O)(=O)Nc2c(C)cccc2C(N)=O)cc1C(=O)O. The summed E-state index contributed by atoms with van der Waals surface area (Å²) in [6.45, 7) is 1.61. The van der Waals surface area contributed by atoms with E-state index in [0.717, 1.165) is 6.07 Å². The van der Waals surface area contributed by atoms with Crippen molar-refractivity contribution in [3.05, 3.63) is 51.5 Å². The lowest BCUT2D eigenvalue weighted by Crippen LogP contribution is -2.20. The van der Waals surface area contributed by atoms with Crippen LogP contribution in [0.1, 0.15) is 26.3 Å². The zero-order valence-corrected chi connectivity index (χ0v) is 16.1. The molecule has 0 radical (unpaired) electrons. The second kappa shape index (κ2) is 7.34. The number of halogens is 1. The van der Waals surface area contributed by atoms with Crippen LogP contribution in [0.3, 0.4) is 0 Å². The molecule has 0 fully saturated rings. The molecule has 0 heterocycles. The van der Waals surface area contributed by atoms with E-state index in [1.807, 2.05) is 0 Å². The number of rotatable bonds is 6. The number of amides is 1. The second-order valence-corrected chi connectivity index (χ2v) is 7.76. The van der Waals surface area contributed by atoms with Gasteiger partial charge in [-0.1, -0.05) is 12.1 Å². The number of carboxylic acids is 1. The Kier molecular flexibility index (Phi) is 5.57. The molecule has 2 rings (SSSR count). The zero-order chi connectivity index (χ0) is 19.6. The average Bonchev–Trinajstić information content (AvgIpc) is 2.55. The number of hydrogen-bond donors (Lipinski definition) is 3. The van der Waals surface area contributed by atoms with Crippen molar-refractivity contribution < 1.29 is 27.9 Å². The lowest BCUT2D eigenvalue weighted by Gasteiger charge is -2.15. The van der Waals surface area contributed by atoms with Gasteiger partial charge in [0.25, 0.3) is 15.9 Å². The molecule has 0 aliphatic carbocycles. The molecule has 0 spiro atoms. The molecule has 0 saturated heterocycles. The van der Waals surface area contributed by atoms with E-state index in [1.54, 1.807) is 19.1 Å². The monoisotopic (exact) mass is 442 g/mol. The van der Waals surface area contributed by atoms with Crippen molar-refractivity contribution in [2.75, 3.05) is 11.8 Å². The van der Waals surface area contributed by atoms with Crippen LogP contribution >= 0.6 is 15.9 Å². The summed E-state index contributed by atoms with van der Waals surface area (Å²) in [5.41, 5.74) is 5.48. The third kappa shape index (κ3) is 3.81. The van der Waals surface area contributed by atoms with Crippen molar-refractivity contribution in [3.8, 4) is 5.75 Å². The minimum Gasteiger partial charge on any atom is -0.496 e. The number of carbonyl (C=O) groups excluding carboxylic acids is 1.